The topological polar surface area (TPSA) is 55.9 Å². The van der Waals surface area contributed by atoms with E-state index >= 15 is 0 Å². The van der Waals surface area contributed by atoms with E-state index in [-0.39, 0.29) is 17.9 Å². The Labute approximate surface area is 152 Å². The maximum absolute atomic E-state index is 12.5. The molecule has 2 aliphatic heterocycles. The molecule has 2 saturated heterocycles. The molecule has 0 aromatic carbocycles. The van der Waals surface area contributed by atoms with E-state index in [4.69, 9.17) is 0 Å². The Morgan fingerprint density at radius 3 is 1.84 bits per heavy atom. The maximum Gasteiger partial charge on any atom is 0.236 e. The van der Waals surface area contributed by atoms with Crippen LogP contribution in [0.25, 0.3) is 0 Å². The van der Waals surface area contributed by atoms with E-state index in [9.17, 15) is 9.59 Å². The minimum absolute atomic E-state index is 0.107. The summed E-state index contributed by atoms with van der Waals surface area (Å²) in [6.07, 6.45) is 4.78. The second-order valence-electron chi connectivity index (χ2n) is 7.95. The van der Waals surface area contributed by atoms with Gasteiger partial charge in [-0.2, -0.15) is 0 Å². The van der Waals surface area contributed by atoms with Gasteiger partial charge in [0.15, 0.2) is 0 Å². The molecule has 1 N–H and O–H groups in total. The number of rotatable bonds is 6. The number of nitrogens with zero attached hydrogens (tertiary/aromatic N) is 3. The number of hydrogen-bond acceptors (Lipinski definition) is 4. The zero-order valence-electron chi connectivity index (χ0n) is 16.3. The average Bonchev–Trinajstić information content (AvgIpc) is 2.85. The zero-order valence-corrected chi connectivity index (χ0v) is 16.3. The lowest BCUT2D eigenvalue weighted by Gasteiger charge is -2.35. The summed E-state index contributed by atoms with van der Waals surface area (Å²) in [4.78, 5) is 31.0. The van der Waals surface area contributed by atoms with Crippen LogP contribution in [0.4, 0.5) is 0 Å². The van der Waals surface area contributed by atoms with E-state index in [1.54, 1.807) is 0 Å². The van der Waals surface area contributed by atoms with Crippen molar-refractivity contribution in [3.8, 4) is 0 Å². The minimum atomic E-state index is 0.107. The summed E-state index contributed by atoms with van der Waals surface area (Å²) in [6.45, 7) is 12.6. The zero-order chi connectivity index (χ0) is 18.2. The van der Waals surface area contributed by atoms with Crippen molar-refractivity contribution in [2.24, 2.45) is 5.92 Å². The highest BCUT2D eigenvalue weighted by Crippen LogP contribution is 2.11. The molecule has 25 heavy (non-hydrogen) atoms. The van der Waals surface area contributed by atoms with Crippen LogP contribution < -0.4 is 5.32 Å². The van der Waals surface area contributed by atoms with Crippen molar-refractivity contribution in [2.45, 2.75) is 52.5 Å². The monoisotopic (exact) mass is 352 g/mol. The summed E-state index contributed by atoms with van der Waals surface area (Å²) >= 11 is 0. The number of carbonyl (C=O) groups is 2. The van der Waals surface area contributed by atoms with Gasteiger partial charge in [-0.1, -0.05) is 26.7 Å². The van der Waals surface area contributed by atoms with Gasteiger partial charge >= 0.3 is 0 Å². The van der Waals surface area contributed by atoms with Gasteiger partial charge in [0.25, 0.3) is 0 Å². The van der Waals surface area contributed by atoms with Crippen LogP contribution in [0.5, 0.6) is 0 Å². The normalized spacial score (nSPS) is 21.8. The number of carbonyl (C=O) groups excluding carboxylic acids is 2. The summed E-state index contributed by atoms with van der Waals surface area (Å²) in [7, 11) is 0. The number of piperazine rings is 1. The van der Waals surface area contributed by atoms with Crippen molar-refractivity contribution in [1.29, 1.82) is 0 Å². The Bertz CT molecular complexity index is 425. The third-order valence-electron chi connectivity index (χ3n) is 5.54. The molecule has 1 atom stereocenters. The standard InChI is InChI=1S/C19H36N4O2/c1-16(2)17(3)20-18(24)14-21-10-12-22(13-11-21)15-19(25)23-8-6-4-5-7-9-23/h16-17H,4-15H2,1-3H3,(H,20,24). The summed E-state index contributed by atoms with van der Waals surface area (Å²) < 4.78 is 0. The Balaban J connectivity index is 1.67. The van der Waals surface area contributed by atoms with E-state index in [1.165, 1.54) is 12.8 Å². The lowest BCUT2D eigenvalue weighted by atomic mass is 10.1. The number of hydrogen-bond donors (Lipinski definition) is 1. The molecular weight excluding hydrogens is 316 g/mol. The van der Waals surface area contributed by atoms with E-state index in [2.05, 4.69) is 35.9 Å². The fourth-order valence-electron chi connectivity index (χ4n) is 3.39. The summed E-state index contributed by atoms with van der Waals surface area (Å²) in [5.41, 5.74) is 0. The van der Waals surface area contributed by atoms with Crippen molar-refractivity contribution in [3.05, 3.63) is 0 Å². The van der Waals surface area contributed by atoms with Crippen LogP contribution >= 0.6 is 0 Å². The first-order valence-electron chi connectivity index (χ1n) is 9.97. The number of amides is 2. The molecule has 2 rings (SSSR count). The van der Waals surface area contributed by atoms with Gasteiger partial charge in [0.05, 0.1) is 13.1 Å². The van der Waals surface area contributed by atoms with Crippen molar-refractivity contribution in [1.82, 2.24) is 20.0 Å². The van der Waals surface area contributed by atoms with Gasteiger partial charge in [-0.3, -0.25) is 19.4 Å². The fourth-order valence-corrected chi connectivity index (χ4v) is 3.39. The summed E-state index contributed by atoms with van der Waals surface area (Å²) in [5, 5.41) is 3.06. The second-order valence-corrected chi connectivity index (χ2v) is 7.95. The summed E-state index contributed by atoms with van der Waals surface area (Å²) in [6, 6.07) is 0.208. The van der Waals surface area contributed by atoms with E-state index in [0.717, 1.165) is 52.1 Å². The third kappa shape index (κ3) is 6.94. The Morgan fingerprint density at radius 1 is 0.800 bits per heavy atom. The highest BCUT2D eigenvalue weighted by molar-refractivity contribution is 5.79. The highest BCUT2D eigenvalue weighted by atomic mass is 16.2. The van der Waals surface area contributed by atoms with Crippen molar-refractivity contribution in [2.75, 3.05) is 52.4 Å². The lowest BCUT2D eigenvalue weighted by Crippen LogP contribution is -2.52. The van der Waals surface area contributed by atoms with Crippen LogP contribution in [0.1, 0.15) is 46.5 Å². The van der Waals surface area contributed by atoms with Gasteiger partial charge in [-0.05, 0) is 25.7 Å². The van der Waals surface area contributed by atoms with Crippen molar-refractivity contribution < 1.29 is 9.59 Å². The van der Waals surface area contributed by atoms with Crippen LogP contribution in [0.3, 0.4) is 0 Å². The molecule has 2 fully saturated rings. The third-order valence-corrected chi connectivity index (χ3v) is 5.54. The quantitative estimate of drug-likeness (QED) is 0.780. The molecule has 0 aromatic rings. The minimum Gasteiger partial charge on any atom is -0.352 e. The van der Waals surface area contributed by atoms with Crippen LogP contribution in [0, 0.1) is 5.92 Å². The van der Waals surface area contributed by atoms with Crippen LogP contribution in [0.15, 0.2) is 0 Å². The van der Waals surface area contributed by atoms with Crippen LogP contribution in [-0.2, 0) is 9.59 Å². The first kappa shape index (κ1) is 20.2. The molecule has 0 aromatic heterocycles. The first-order valence-corrected chi connectivity index (χ1v) is 9.97. The highest BCUT2D eigenvalue weighted by Gasteiger charge is 2.23. The molecule has 2 amide bonds. The lowest BCUT2D eigenvalue weighted by molar-refractivity contribution is -0.133. The smallest absolute Gasteiger partial charge is 0.236 e. The van der Waals surface area contributed by atoms with Gasteiger partial charge in [0, 0.05) is 45.3 Å². The molecule has 6 nitrogen and oxygen atoms in total. The molecule has 1 unspecified atom stereocenters. The van der Waals surface area contributed by atoms with E-state index in [0.29, 0.717) is 19.0 Å². The van der Waals surface area contributed by atoms with Gasteiger partial charge in [-0.25, -0.2) is 0 Å². The number of nitrogens with one attached hydrogen (secondary N) is 1. The molecule has 0 aliphatic carbocycles. The second kappa shape index (κ2) is 10.1. The predicted octanol–water partition coefficient (Wildman–Crippen LogP) is 1.17. The predicted molar refractivity (Wildman–Crippen MR) is 100 cm³/mol. The van der Waals surface area contributed by atoms with Crippen LogP contribution in [-0.4, -0.2) is 84.9 Å². The molecule has 2 aliphatic rings. The molecule has 0 bridgehead atoms. The van der Waals surface area contributed by atoms with Crippen molar-refractivity contribution >= 4 is 11.8 Å². The number of likely N-dealkylation sites (tertiary alicyclic amines) is 1. The van der Waals surface area contributed by atoms with Gasteiger partial charge in [0.1, 0.15) is 0 Å². The molecule has 2 heterocycles. The molecule has 0 spiro atoms. The first-order chi connectivity index (χ1) is 12.0. The SMILES string of the molecule is CC(C)C(C)NC(=O)CN1CCN(CC(=O)N2CCCCCC2)CC1. The largest absolute Gasteiger partial charge is 0.352 e. The Hall–Kier alpha value is -1.14. The van der Waals surface area contributed by atoms with E-state index < -0.39 is 0 Å². The van der Waals surface area contributed by atoms with Gasteiger partial charge in [0.2, 0.25) is 11.8 Å². The fraction of sp³-hybridized carbons (Fsp3) is 0.895. The molecule has 144 valence electrons. The molecule has 0 saturated carbocycles. The maximum atomic E-state index is 12.5. The molecule has 6 heteroatoms. The Kier molecular flexibility index (Phi) is 8.16. The van der Waals surface area contributed by atoms with E-state index in [1.807, 2.05) is 4.90 Å². The molecule has 0 radical (unpaired) electrons. The van der Waals surface area contributed by atoms with Gasteiger partial charge < -0.3 is 10.2 Å². The van der Waals surface area contributed by atoms with Crippen molar-refractivity contribution in [3.63, 3.8) is 0 Å². The summed E-state index contributed by atoms with van der Waals surface area (Å²) in [5.74, 6) is 0.833. The van der Waals surface area contributed by atoms with Crippen LogP contribution in [0.2, 0.25) is 0 Å². The average molecular weight is 353 g/mol. The van der Waals surface area contributed by atoms with Gasteiger partial charge in [-0.15, -0.1) is 0 Å². The Morgan fingerprint density at radius 2 is 1.32 bits per heavy atom. The molecular formula is C19H36N4O2.